The smallest absolute Gasteiger partial charge is 0.260 e. The van der Waals surface area contributed by atoms with E-state index in [4.69, 9.17) is 26.6 Å². The van der Waals surface area contributed by atoms with E-state index in [1.54, 1.807) is 18.2 Å². The van der Waals surface area contributed by atoms with Crippen LogP contribution in [0.25, 0.3) is 11.5 Å². The zero-order chi connectivity index (χ0) is 13.8. The van der Waals surface area contributed by atoms with Crippen LogP contribution in [0.15, 0.2) is 22.7 Å². The number of benzene rings is 1. The molecule has 0 spiro atoms. The number of rotatable bonds is 5. The Balaban J connectivity index is 2.29. The van der Waals surface area contributed by atoms with Gasteiger partial charge in [0.2, 0.25) is 5.82 Å². The van der Waals surface area contributed by atoms with Gasteiger partial charge in [-0.1, -0.05) is 23.7 Å². The van der Waals surface area contributed by atoms with E-state index in [9.17, 15) is 0 Å². The number of nitrogens with two attached hydrogens (primary N) is 1. The van der Waals surface area contributed by atoms with E-state index >= 15 is 0 Å². The first-order valence-corrected chi connectivity index (χ1v) is 6.54. The summed E-state index contributed by atoms with van der Waals surface area (Å²) in [4.78, 5) is 4.33. The number of hydrogen-bond donors (Lipinski definition) is 1. The zero-order valence-corrected chi connectivity index (χ0v) is 11.6. The zero-order valence-electron chi connectivity index (χ0n) is 10.9. The lowest BCUT2D eigenvalue weighted by Crippen LogP contribution is -2.04. The lowest BCUT2D eigenvalue weighted by atomic mass is 10.2. The van der Waals surface area contributed by atoms with Crippen molar-refractivity contribution in [3.8, 4) is 11.5 Å². The normalized spacial score (nSPS) is 12.6. The fourth-order valence-corrected chi connectivity index (χ4v) is 1.96. The lowest BCUT2D eigenvalue weighted by molar-refractivity contribution is 0.0518. The number of nitrogen functional groups attached to an aromatic ring is 1. The third-order valence-corrected chi connectivity index (χ3v) is 2.95. The SMILES string of the molecule is CCOC(CC)c1noc(-c2ccc(Cl)cc2N)n1. The van der Waals surface area contributed by atoms with Crippen LogP contribution in [0.2, 0.25) is 5.02 Å². The Morgan fingerprint density at radius 2 is 2.21 bits per heavy atom. The fraction of sp³-hybridized carbons (Fsp3) is 0.385. The number of halogens is 1. The molecule has 2 N–H and O–H groups in total. The van der Waals surface area contributed by atoms with Crippen molar-refractivity contribution in [2.45, 2.75) is 26.4 Å². The molecular formula is C13H16ClN3O2. The van der Waals surface area contributed by atoms with Crippen molar-refractivity contribution < 1.29 is 9.26 Å². The van der Waals surface area contributed by atoms with E-state index < -0.39 is 0 Å². The van der Waals surface area contributed by atoms with Crippen LogP contribution >= 0.6 is 11.6 Å². The summed E-state index contributed by atoms with van der Waals surface area (Å²) in [6.07, 6.45) is 0.624. The second-order valence-corrected chi connectivity index (χ2v) is 4.48. The third-order valence-electron chi connectivity index (χ3n) is 2.71. The number of aromatic nitrogens is 2. The van der Waals surface area contributed by atoms with Gasteiger partial charge in [-0.25, -0.2) is 0 Å². The maximum atomic E-state index is 5.89. The van der Waals surface area contributed by atoms with Gasteiger partial charge in [0.1, 0.15) is 6.10 Å². The fourth-order valence-electron chi connectivity index (χ4n) is 1.78. The predicted octanol–water partition coefficient (Wildman–Crippen LogP) is 3.46. The van der Waals surface area contributed by atoms with Crippen molar-refractivity contribution in [3.05, 3.63) is 29.0 Å². The Morgan fingerprint density at radius 1 is 1.42 bits per heavy atom. The maximum Gasteiger partial charge on any atom is 0.260 e. The van der Waals surface area contributed by atoms with Crippen molar-refractivity contribution in [1.29, 1.82) is 0 Å². The summed E-state index contributed by atoms with van der Waals surface area (Å²) in [6, 6.07) is 5.15. The molecule has 102 valence electrons. The molecule has 1 aromatic carbocycles. The summed E-state index contributed by atoms with van der Waals surface area (Å²) in [5.74, 6) is 0.913. The van der Waals surface area contributed by atoms with E-state index in [-0.39, 0.29) is 6.10 Å². The van der Waals surface area contributed by atoms with Gasteiger partial charge in [0.15, 0.2) is 0 Å². The van der Waals surface area contributed by atoms with E-state index in [1.807, 2.05) is 13.8 Å². The van der Waals surface area contributed by atoms with Crippen LogP contribution in [0.4, 0.5) is 5.69 Å². The number of nitrogens with zero attached hydrogens (tertiary/aromatic N) is 2. The average molecular weight is 282 g/mol. The largest absolute Gasteiger partial charge is 0.398 e. The van der Waals surface area contributed by atoms with E-state index in [2.05, 4.69) is 10.1 Å². The maximum absolute atomic E-state index is 5.89. The average Bonchev–Trinajstić information content (AvgIpc) is 2.85. The van der Waals surface area contributed by atoms with Crippen LogP contribution in [0.1, 0.15) is 32.2 Å². The third kappa shape index (κ3) is 3.05. The van der Waals surface area contributed by atoms with Gasteiger partial charge in [-0.3, -0.25) is 0 Å². The topological polar surface area (TPSA) is 74.2 Å². The molecular weight excluding hydrogens is 266 g/mol. The first-order chi connectivity index (χ1) is 9.15. The van der Waals surface area contributed by atoms with Crippen molar-refractivity contribution in [3.63, 3.8) is 0 Å². The number of ether oxygens (including phenoxy) is 1. The van der Waals surface area contributed by atoms with Gasteiger partial charge in [0.05, 0.1) is 5.56 Å². The highest BCUT2D eigenvalue weighted by molar-refractivity contribution is 6.31. The highest BCUT2D eigenvalue weighted by Crippen LogP contribution is 2.28. The van der Waals surface area contributed by atoms with Gasteiger partial charge < -0.3 is 15.0 Å². The number of hydrogen-bond acceptors (Lipinski definition) is 5. The molecule has 0 aliphatic heterocycles. The summed E-state index contributed by atoms with van der Waals surface area (Å²) < 4.78 is 10.8. The van der Waals surface area contributed by atoms with Gasteiger partial charge in [-0.2, -0.15) is 4.98 Å². The van der Waals surface area contributed by atoms with Crippen LogP contribution in [0.3, 0.4) is 0 Å². The molecule has 0 bridgehead atoms. The molecule has 1 atom stereocenters. The van der Waals surface area contributed by atoms with Gasteiger partial charge >= 0.3 is 0 Å². The molecule has 0 aliphatic rings. The van der Waals surface area contributed by atoms with Crippen molar-refractivity contribution in [1.82, 2.24) is 10.1 Å². The van der Waals surface area contributed by atoms with E-state index in [1.165, 1.54) is 0 Å². The minimum absolute atomic E-state index is 0.156. The summed E-state index contributed by atoms with van der Waals surface area (Å²) in [5.41, 5.74) is 7.07. The molecule has 0 radical (unpaired) electrons. The van der Waals surface area contributed by atoms with Crippen LogP contribution in [0, 0.1) is 0 Å². The first kappa shape index (κ1) is 13.8. The van der Waals surface area contributed by atoms with Crippen molar-refractivity contribution in [2.75, 3.05) is 12.3 Å². The van der Waals surface area contributed by atoms with E-state index in [0.717, 1.165) is 6.42 Å². The monoisotopic (exact) mass is 281 g/mol. The Kier molecular flexibility index (Phi) is 4.39. The summed E-state index contributed by atoms with van der Waals surface area (Å²) >= 11 is 5.86. The molecule has 0 aliphatic carbocycles. The highest BCUT2D eigenvalue weighted by atomic mass is 35.5. The molecule has 0 saturated heterocycles. The molecule has 19 heavy (non-hydrogen) atoms. The molecule has 0 amide bonds. The quantitative estimate of drug-likeness (QED) is 0.850. The second kappa shape index (κ2) is 6.04. The Labute approximate surface area is 116 Å². The van der Waals surface area contributed by atoms with Crippen molar-refractivity contribution >= 4 is 17.3 Å². The minimum Gasteiger partial charge on any atom is -0.398 e. The summed E-state index contributed by atoms with van der Waals surface area (Å²) in [5, 5.41) is 4.52. The van der Waals surface area contributed by atoms with E-state index in [0.29, 0.717) is 34.6 Å². The molecule has 0 saturated carbocycles. The summed E-state index contributed by atoms with van der Waals surface area (Å²) in [6.45, 7) is 4.54. The molecule has 1 heterocycles. The minimum atomic E-state index is -0.156. The van der Waals surface area contributed by atoms with Crippen LogP contribution in [-0.4, -0.2) is 16.7 Å². The second-order valence-electron chi connectivity index (χ2n) is 4.04. The van der Waals surface area contributed by atoms with Gasteiger partial charge in [-0.05, 0) is 31.5 Å². The Bertz CT molecular complexity index is 557. The van der Waals surface area contributed by atoms with Crippen LogP contribution in [0.5, 0.6) is 0 Å². The van der Waals surface area contributed by atoms with Gasteiger partial charge in [0.25, 0.3) is 5.89 Å². The highest BCUT2D eigenvalue weighted by Gasteiger charge is 2.18. The molecule has 6 heteroatoms. The Morgan fingerprint density at radius 3 is 2.84 bits per heavy atom. The Hall–Kier alpha value is -1.59. The van der Waals surface area contributed by atoms with Gasteiger partial charge in [0, 0.05) is 17.3 Å². The molecule has 5 nitrogen and oxygen atoms in total. The molecule has 2 rings (SSSR count). The number of anilines is 1. The van der Waals surface area contributed by atoms with Crippen LogP contribution in [-0.2, 0) is 4.74 Å². The molecule has 1 aromatic heterocycles. The molecule has 1 unspecified atom stereocenters. The molecule has 0 fully saturated rings. The molecule has 2 aromatic rings. The lowest BCUT2D eigenvalue weighted by Gasteiger charge is -2.09. The van der Waals surface area contributed by atoms with Crippen molar-refractivity contribution in [2.24, 2.45) is 0 Å². The van der Waals surface area contributed by atoms with Crippen LogP contribution < -0.4 is 5.73 Å². The standard InChI is InChI=1S/C13H16ClN3O2/c1-3-11(18-4-2)12-16-13(19-17-12)9-6-5-8(14)7-10(9)15/h5-7,11H,3-4,15H2,1-2H3. The summed E-state index contributed by atoms with van der Waals surface area (Å²) in [7, 11) is 0. The predicted molar refractivity (Wildman–Crippen MR) is 73.8 cm³/mol. The first-order valence-electron chi connectivity index (χ1n) is 6.16. The van der Waals surface area contributed by atoms with Gasteiger partial charge in [-0.15, -0.1) is 0 Å².